The van der Waals surface area contributed by atoms with Gasteiger partial charge in [0.05, 0.1) is 72.3 Å². The summed E-state index contributed by atoms with van der Waals surface area (Å²) in [6.07, 6.45) is 0. The van der Waals surface area contributed by atoms with Gasteiger partial charge in [-0.15, -0.1) is 90.7 Å². The van der Waals surface area contributed by atoms with Gasteiger partial charge in [-0.25, -0.2) is 0 Å². The number of aryl methyl sites for hydroxylation is 8. The number of aromatic nitrogens is 4. The van der Waals surface area contributed by atoms with Crippen LogP contribution < -0.4 is 0 Å². The Kier molecular flexibility index (Phi) is 14.3. The molecule has 0 spiro atoms. The largest absolute Gasteiger partial charge is 0.308 e. The van der Waals surface area contributed by atoms with Crippen LogP contribution in [0.2, 0.25) is 0 Å². The highest BCUT2D eigenvalue weighted by molar-refractivity contribution is 7.35. The Bertz CT molecular complexity index is 6820. The molecule has 12 aromatic heterocycles. The second-order valence-electron chi connectivity index (χ2n) is 28.2. The van der Waals surface area contributed by atoms with Crippen LogP contribution in [0.1, 0.15) is 43.1 Å². The van der Waals surface area contributed by atoms with Crippen molar-refractivity contribution in [1.29, 1.82) is 0 Å². The number of nitrogens with zero attached hydrogens (tertiary/aromatic N) is 4. The summed E-state index contributed by atoms with van der Waals surface area (Å²) in [5, 5.41) is 7.85. The van der Waals surface area contributed by atoms with Crippen molar-refractivity contribution >= 4 is 214 Å². The molecule has 0 bridgehead atoms. The number of fused-ring (bicyclic) bond motifs is 20. The molecule has 104 heavy (non-hydrogen) atoms. The fraction of sp³-hybridized carbons (Fsp3) is 0.0870. The van der Waals surface area contributed by atoms with Gasteiger partial charge in [0, 0.05) is 103 Å². The van der Waals surface area contributed by atoms with Gasteiger partial charge in [-0.3, -0.25) is 0 Å². The molecule has 10 aromatic carbocycles. The van der Waals surface area contributed by atoms with Crippen LogP contribution in [0.25, 0.3) is 188 Å². The highest BCUT2D eigenvalue weighted by atomic mass is 32.1. The molecule has 0 amide bonds. The molecule has 12 heteroatoms. The fourth-order valence-corrected chi connectivity index (χ4v) is 25.2. The molecular weight excluding hydrogens is 1420 g/mol. The van der Waals surface area contributed by atoms with Gasteiger partial charge >= 0.3 is 0 Å². The molecule has 0 atom stereocenters. The summed E-state index contributed by atoms with van der Waals surface area (Å²) in [4.78, 5) is 7.98. The summed E-state index contributed by atoms with van der Waals surface area (Å²) >= 11 is 15.3. The standard InChI is InChI=1S/2C46H32N2S4/c1-25-5-13-31(14-6-25)47-37-23-36-38(24-35(37)45-43(47)33-17-11-29(21-41(33)51-45)39-19-9-27(3)49-39)48(32-15-7-26(2)8-16-32)44-34-18-12-30(22-42(34)52-46(36)44)40-20-10-28(4)50-40;1-25-5-13-29(14-6-25)37-23-39-45(49-37)41-43(51-39)33-21-36-34(22-35(33)47(41)31-17-9-27(3)10-18-31)44-42(48(36)32-19-11-28(4)12-20-32)46-40(52-44)24-38(50-46)30-15-7-26(2)8-16-30/h2*5-24H,1-4H3. The van der Waals surface area contributed by atoms with Gasteiger partial charge in [0.15, 0.2) is 0 Å². The fourth-order valence-electron chi connectivity index (χ4n) is 15.7. The smallest absolute Gasteiger partial charge is 0.0829 e. The van der Waals surface area contributed by atoms with E-state index < -0.39 is 0 Å². The maximum absolute atomic E-state index is 2.54. The van der Waals surface area contributed by atoms with E-state index in [1.54, 1.807) is 0 Å². The van der Waals surface area contributed by atoms with Crippen molar-refractivity contribution in [2.24, 2.45) is 0 Å². The zero-order valence-electron chi connectivity index (χ0n) is 58.1. The normalized spacial score (nSPS) is 12.2. The first-order valence-corrected chi connectivity index (χ1v) is 41.7. The van der Waals surface area contributed by atoms with Gasteiger partial charge in [-0.1, -0.05) is 155 Å². The number of thiophene rings is 8. The van der Waals surface area contributed by atoms with E-state index in [4.69, 9.17) is 0 Å². The van der Waals surface area contributed by atoms with Crippen LogP contribution in [0.5, 0.6) is 0 Å². The van der Waals surface area contributed by atoms with Crippen molar-refractivity contribution in [2.45, 2.75) is 55.4 Å². The Balaban J connectivity index is 0.000000134. The molecule has 0 saturated heterocycles. The summed E-state index contributed by atoms with van der Waals surface area (Å²) in [5.74, 6) is 0. The van der Waals surface area contributed by atoms with Gasteiger partial charge in [0.1, 0.15) is 0 Å². The third-order valence-electron chi connectivity index (χ3n) is 21.0. The van der Waals surface area contributed by atoms with E-state index in [1.165, 1.54) is 231 Å². The lowest BCUT2D eigenvalue weighted by molar-refractivity contribution is 1.18. The zero-order valence-corrected chi connectivity index (χ0v) is 64.7. The minimum Gasteiger partial charge on any atom is -0.308 e. The molecule has 12 heterocycles. The molecule has 0 radical (unpaired) electrons. The molecule has 0 aliphatic rings. The number of rotatable bonds is 8. The predicted molar refractivity (Wildman–Crippen MR) is 463 cm³/mol. The van der Waals surface area contributed by atoms with Crippen LogP contribution in [-0.4, -0.2) is 18.3 Å². The summed E-state index contributed by atoms with van der Waals surface area (Å²) in [7, 11) is 0. The minimum atomic E-state index is 1.20. The average molecular weight is 1480 g/mol. The Morgan fingerprint density at radius 1 is 0.192 bits per heavy atom. The molecule has 500 valence electrons. The molecule has 22 aromatic rings. The van der Waals surface area contributed by atoms with Crippen molar-refractivity contribution in [1.82, 2.24) is 18.3 Å². The number of hydrogen-bond donors (Lipinski definition) is 0. The molecule has 22 rings (SSSR count). The molecule has 4 nitrogen and oxygen atoms in total. The summed E-state index contributed by atoms with van der Waals surface area (Å²) in [6.45, 7) is 17.4. The molecule has 0 N–H and O–H groups in total. The van der Waals surface area contributed by atoms with E-state index in [2.05, 4.69) is 316 Å². The van der Waals surface area contributed by atoms with E-state index >= 15 is 0 Å². The van der Waals surface area contributed by atoms with Crippen molar-refractivity contribution < 1.29 is 0 Å². The lowest BCUT2D eigenvalue weighted by atomic mass is 10.1. The van der Waals surface area contributed by atoms with Crippen molar-refractivity contribution in [3.63, 3.8) is 0 Å². The van der Waals surface area contributed by atoms with Crippen LogP contribution in [-0.2, 0) is 0 Å². The Morgan fingerprint density at radius 3 is 0.779 bits per heavy atom. The topological polar surface area (TPSA) is 19.7 Å². The molecule has 0 fully saturated rings. The SMILES string of the molecule is Cc1ccc(-c2cc3sc4c5cc6c(cc5n(-c5ccc(C)cc5)c4c3s2)c2sc3cc(-c4ccc(C)cc4)sc3c2n6-c2ccc(C)cc2)cc1.Cc1ccc(-n2c3cc4c5sc6cc(-c7ccc(C)s7)ccc6c5n(-c5ccc(C)cc5)c4cc3c3sc4cc(-c5ccc(C)s5)ccc4c32)cc1. The van der Waals surface area contributed by atoms with Crippen molar-refractivity contribution in [3.8, 4) is 64.5 Å². The molecule has 0 aliphatic carbocycles. The van der Waals surface area contributed by atoms with E-state index in [0.29, 0.717) is 0 Å². The molecule has 0 aliphatic heterocycles. The number of hydrogen-bond acceptors (Lipinski definition) is 8. The Labute approximate surface area is 632 Å². The lowest BCUT2D eigenvalue weighted by Crippen LogP contribution is -1.95. The first kappa shape index (κ1) is 62.6. The Morgan fingerprint density at radius 2 is 0.471 bits per heavy atom. The van der Waals surface area contributed by atoms with E-state index in [0.717, 1.165) is 0 Å². The first-order valence-electron chi connectivity index (χ1n) is 35.1. The predicted octanol–water partition coefficient (Wildman–Crippen LogP) is 30.0. The van der Waals surface area contributed by atoms with E-state index in [9.17, 15) is 0 Å². The lowest BCUT2D eigenvalue weighted by Gasteiger charge is -2.11. The Hall–Kier alpha value is -9.96. The van der Waals surface area contributed by atoms with Crippen molar-refractivity contribution in [2.75, 3.05) is 0 Å². The van der Waals surface area contributed by atoms with E-state index in [-0.39, 0.29) is 0 Å². The second kappa shape index (κ2) is 23.8. The van der Waals surface area contributed by atoms with Crippen LogP contribution in [0.4, 0.5) is 0 Å². The third-order valence-corrected chi connectivity index (χ3v) is 30.4. The maximum atomic E-state index is 2.54. The van der Waals surface area contributed by atoms with Crippen LogP contribution in [0.15, 0.2) is 243 Å². The van der Waals surface area contributed by atoms with Gasteiger partial charge in [0.2, 0.25) is 0 Å². The summed E-state index contributed by atoms with van der Waals surface area (Å²) in [6, 6.07) is 92.0. The maximum Gasteiger partial charge on any atom is 0.0829 e. The van der Waals surface area contributed by atoms with Gasteiger partial charge < -0.3 is 18.3 Å². The van der Waals surface area contributed by atoms with Gasteiger partial charge in [-0.2, -0.15) is 0 Å². The first-order chi connectivity index (χ1) is 50.7. The highest BCUT2D eigenvalue weighted by Gasteiger charge is 2.28. The summed E-state index contributed by atoms with van der Waals surface area (Å²) in [5.41, 5.74) is 27.9. The van der Waals surface area contributed by atoms with Crippen LogP contribution in [0.3, 0.4) is 0 Å². The second-order valence-corrected chi connectivity index (χ2v) is 37.0. The van der Waals surface area contributed by atoms with Crippen molar-refractivity contribution in [3.05, 3.63) is 286 Å². The monoisotopic (exact) mass is 1480 g/mol. The zero-order chi connectivity index (χ0) is 69.7. The quantitative estimate of drug-likeness (QED) is 0.144. The molecular formula is C92H64N4S8. The number of benzene rings is 10. The van der Waals surface area contributed by atoms with Crippen LogP contribution >= 0.6 is 90.7 Å². The van der Waals surface area contributed by atoms with Crippen LogP contribution in [0, 0.1) is 55.4 Å². The average Bonchev–Trinajstić information content (AvgIpc) is 1.53. The molecule has 0 unspecified atom stereocenters. The summed E-state index contributed by atoms with van der Waals surface area (Å²) < 4.78 is 23.6. The van der Waals surface area contributed by atoms with Gasteiger partial charge in [0.25, 0.3) is 0 Å². The molecule has 0 saturated carbocycles. The van der Waals surface area contributed by atoms with E-state index in [1.807, 2.05) is 90.7 Å². The van der Waals surface area contributed by atoms with Gasteiger partial charge in [-0.05, 0) is 199 Å². The third kappa shape index (κ3) is 9.87. The minimum absolute atomic E-state index is 1.20. The highest BCUT2D eigenvalue weighted by Crippen LogP contribution is 2.54.